The Labute approximate surface area is 176 Å². The van der Waals surface area contributed by atoms with E-state index in [4.69, 9.17) is 4.74 Å². The van der Waals surface area contributed by atoms with Crippen molar-refractivity contribution < 1.29 is 27.8 Å². The number of nitrogens with one attached hydrogen (secondary N) is 1. The maximum atomic E-state index is 12.7. The molecule has 1 aromatic carbocycles. The highest BCUT2D eigenvalue weighted by Gasteiger charge is 2.30. The van der Waals surface area contributed by atoms with Crippen molar-refractivity contribution in [2.45, 2.75) is 33.0 Å². The second kappa shape index (κ2) is 8.66. The number of nitrogens with zero attached hydrogens (tertiary/aromatic N) is 3. The largest absolute Gasteiger partial charge is 0.504 e. The van der Waals surface area contributed by atoms with E-state index in [1.54, 1.807) is 26.0 Å². The van der Waals surface area contributed by atoms with E-state index in [1.807, 2.05) is 0 Å². The fraction of sp³-hybridized carbons (Fsp3) is 0.286. The Hall–Kier alpha value is -3.56. The van der Waals surface area contributed by atoms with Crippen LogP contribution in [0.2, 0.25) is 0 Å². The number of hydrogen-bond acceptors (Lipinski definition) is 5. The highest BCUT2D eigenvalue weighted by atomic mass is 19.4. The van der Waals surface area contributed by atoms with Crippen LogP contribution in [0, 0.1) is 13.8 Å². The number of ether oxygens (including phenoxy) is 1. The van der Waals surface area contributed by atoms with Gasteiger partial charge in [0.25, 0.3) is 0 Å². The molecule has 0 aliphatic heterocycles. The molecule has 0 aliphatic carbocycles. The molecule has 0 radical (unpaired) electrons. The van der Waals surface area contributed by atoms with Gasteiger partial charge in [0.05, 0.1) is 24.8 Å². The third-order valence-corrected chi connectivity index (χ3v) is 4.80. The Kier molecular flexibility index (Phi) is 6.19. The molecule has 164 valence electrons. The molecule has 31 heavy (non-hydrogen) atoms. The maximum Gasteiger partial charge on any atom is 0.417 e. The lowest BCUT2D eigenvalue weighted by molar-refractivity contribution is -0.137. The number of benzene rings is 1. The molecular formula is C21H21F3N4O3. The summed E-state index contributed by atoms with van der Waals surface area (Å²) in [4.78, 5) is 16.3. The molecule has 0 saturated heterocycles. The number of halogens is 3. The lowest BCUT2D eigenvalue weighted by atomic mass is 10.1. The van der Waals surface area contributed by atoms with Crippen LogP contribution in [0.1, 0.15) is 28.1 Å². The monoisotopic (exact) mass is 434 g/mol. The number of amides is 1. The van der Waals surface area contributed by atoms with Crippen LogP contribution in [0.5, 0.6) is 11.5 Å². The van der Waals surface area contributed by atoms with Crippen LogP contribution >= 0.6 is 0 Å². The molecule has 10 heteroatoms. The number of aromatic nitrogens is 3. The van der Waals surface area contributed by atoms with Crippen molar-refractivity contribution in [3.8, 4) is 17.3 Å². The van der Waals surface area contributed by atoms with Crippen LogP contribution in [-0.2, 0) is 23.9 Å². The lowest BCUT2D eigenvalue weighted by Crippen LogP contribution is -2.25. The summed E-state index contributed by atoms with van der Waals surface area (Å²) in [5.41, 5.74) is 1.78. The highest BCUT2D eigenvalue weighted by Crippen LogP contribution is 2.29. The Bertz CT molecular complexity index is 1090. The Balaban J connectivity index is 1.71. The standard InChI is InChI=1S/C21H21F3N4O3/c1-12-16(9-20(30)26-10-14-4-6-17(29)18(8-14)31-3)13(2)28(27-12)19-7-5-15(11-25-19)21(22,23)24/h4-8,11,29H,9-10H2,1-3H3,(H,26,30). The smallest absolute Gasteiger partial charge is 0.417 e. The van der Waals surface area contributed by atoms with Gasteiger partial charge in [0.2, 0.25) is 5.91 Å². The van der Waals surface area contributed by atoms with Gasteiger partial charge in [-0.25, -0.2) is 9.67 Å². The van der Waals surface area contributed by atoms with Gasteiger partial charge in [0.15, 0.2) is 17.3 Å². The molecule has 0 atom stereocenters. The van der Waals surface area contributed by atoms with Crippen molar-refractivity contribution in [1.82, 2.24) is 20.1 Å². The average Bonchev–Trinajstić information content (AvgIpc) is 3.01. The summed E-state index contributed by atoms with van der Waals surface area (Å²) in [6.07, 6.45) is -3.66. The summed E-state index contributed by atoms with van der Waals surface area (Å²) in [5, 5.41) is 16.8. The molecule has 2 heterocycles. The third kappa shape index (κ3) is 4.96. The Morgan fingerprint density at radius 1 is 1.23 bits per heavy atom. The first-order valence-electron chi connectivity index (χ1n) is 9.31. The van der Waals surface area contributed by atoms with Gasteiger partial charge in [-0.15, -0.1) is 0 Å². The third-order valence-electron chi connectivity index (χ3n) is 4.80. The summed E-state index contributed by atoms with van der Waals surface area (Å²) in [7, 11) is 1.44. The molecule has 2 N–H and O–H groups in total. The first-order chi connectivity index (χ1) is 14.6. The molecule has 0 spiro atoms. The number of rotatable bonds is 6. The molecule has 0 fully saturated rings. The Morgan fingerprint density at radius 2 is 1.97 bits per heavy atom. The summed E-state index contributed by atoms with van der Waals surface area (Å²) in [5.74, 6) is 0.298. The second-order valence-electron chi connectivity index (χ2n) is 6.92. The van der Waals surface area contributed by atoms with E-state index in [1.165, 1.54) is 23.9 Å². The molecule has 0 bridgehead atoms. The number of phenols is 1. The van der Waals surface area contributed by atoms with Gasteiger partial charge < -0.3 is 15.2 Å². The topological polar surface area (TPSA) is 89.3 Å². The van der Waals surface area contributed by atoms with Crippen molar-refractivity contribution in [3.63, 3.8) is 0 Å². The number of aromatic hydroxyl groups is 1. The number of carbonyl (C=O) groups excluding carboxylic acids is 1. The van der Waals surface area contributed by atoms with Gasteiger partial charge in [-0.05, 0) is 43.7 Å². The molecule has 0 aliphatic rings. The van der Waals surface area contributed by atoms with Gasteiger partial charge in [0.1, 0.15) is 0 Å². The molecule has 7 nitrogen and oxygen atoms in total. The van der Waals surface area contributed by atoms with Crippen LogP contribution < -0.4 is 10.1 Å². The number of phenolic OH excluding ortho intramolecular Hbond substituents is 1. The van der Waals surface area contributed by atoms with Crippen molar-refractivity contribution >= 4 is 5.91 Å². The number of pyridine rings is 1. The lowest BCUT2D eigenvalue weighted by Gasteiger charge is -2.09. The number of hydrogen-bond donors (Lipinski definition) is 2. The predicted octanol–water partition coefficient (Wildman–Crippen LogP) is 3.48. The van der Waals surface area contributed by atoms with E-state index in [0.717, 1.165) is 17.8 Å². The van der Waals surface area contributed by atoms with E-state index in [2.05, 4.69) is 15.4 Å². The van der Waals surface area contributed by atoms with Crippen molar-refractivity contribution in [1.29, 1.82) is 0 Å². The average molecular weight is 434 g/mol. The van der Waals surface area contributed by atoms with Crippen LogP contribution in [0.3, 0.4) is 0 Å². The number of methoxy groups -OCH3 is 1. The Morgan fingerprint density at radius 3 is 2.58 bits per heavy atom. The van der Waals surface area contributed by atoms with Crippen LogP contribution in [0.25, 0.3) is 5.82 Å². The van der Waals surface area contributed by atoms with Crippen LogP contribution in [0.15, 0.2) is 36.5 Å². The fourth-order valence-corrected chi connectivity index (χ4v) is 3.09. The zero-order chi connectivity index (χ0) is 22.8. The minimum absolute atomic E-state index is 0.00751. The summed E-state index contributed by atoms with van der Waals surface area (Å²) in [6.45, 7) is 3.69. The normalized spacial score (nSPS) is 11.4. The minimum atomic E-state index is -4.47. The molecule has 3 rings (SSSR count). The molecule has 0 saturated carbocycles. The quantitative estimate of drug-likeness (QED) is 0.620. The van der Waals surface area contributed by atoms with E-state index in [9.17, 15) is 23.1 Å². The molecule has 0 unspecified atom stereocenters. The van der Waals surface area contributed by atoms with Gasteiger partial charge in [-0.3, -0.25) is 4.79 Å². The van der Waals surface area contributed by atoms with E-state index < -0.39 is 11.7 Å². The first kappa shape index (κ1) is 22.1. The van der Waals surface area contributed by atoms with Crippen molar-refractivity contribution in [3.05, 3.63) is 64.6 Å². The SMILES string of the molecule is COc1cc(CNC(=O)Cc2c(C)nn(-c3ccc(C(F)(F)F)cn3)c2C)ccc1O. The van der Waals surface area contributed by atoms with Crippen molar-refractivity contribution in [2.24, 2.45) is 0 Å². The fourth-order valence-electron chi connectivity index (χ4n) is 3.09. The van der Waals surface area contributed by atoms with E-state index >= 15 is 0 Å². The molecule has 2 aromatic heterocycles. The zero-order valence-electron chi connectivity index (χ0n) is 17.1. The van der Waals surface area contributed by atoms with Crippen LogP contribution in [0.4, 0.5) is 13.2 Å². The minimum Gasteiger partial charge on any atom is -0.504 e. The van der Waals surface area contributed by atoms with Gasteiger partial charge >= 0.3 is 6.18 Å². The summed E-state index contributed by atoms with van der Waals surface area (Å²) in [6, 6.07) is 6.96. The summed E-state index contributed by atoms with van der Waals surface area (Å²) < 4.78 is 44.7. The van der Waals surface area contributed by atoms with Crippen LogP contribution in [-0.4, -0.2) is 32.9 Å². The van der Waals surface area contributed by atoms with Gasteiger partial charge in [-0.1, -0.05) is 6.07 Å². The van der Waals surface area contributed by atoms with Crippen molar-refractivity contribution in [2.75, 3.05) is 7.11 Å². The number of alkyl halides is 3. The highest BCUT2D eigenvalue weighted by molar-refractivity contribution is 5.79. The van der Waals surface area contributed by atoms with Gasteiger partial charge in [-0.2, -0.15) is 18.3 Å². The number of carbonyl (C=O) groups is 1. The first-order valence-corrected chi connectivity index (χ1v) is 9.31. The second-order valence-corrected chi connectivity index (χ2v) is 6.92. The predicted molar refractivity (Wildman–Crippen MR) is 106 cm³/mol. The zero-order valence-corrected chi connectivity index (χ0v) is 17.1. The maximum absolute atomic E-state index is 12.7. The summed E-state index contributed by atoms with van der Waals surface area (Å²) >= 11 is 0. The van der Waals surface area contributed by atoms with Gasteiger partial charge in [0, 0.05) is 24.0 Å². The van der Waals surface area contributed by atoms with E-state index in [-0.39, 0.29) is 30.4 Å². The molecular weight excluding hydrogens is 413 g/mol. The van der Waals surface area contributed by atoms with E-state index in [0.29, 0.717) is 22.7 Å². The molecule has 3 aromatic rings. The molecule has 1 amide bonds. The number of aryl methyl sites for hydroxylation is 1.